The lowest BCUT2D eigenvalue weighted by molar-refractivity contribution is -0.162. The molecular weight excluding hydrogens is 260 g/mol. The van der Waals surface area contributed by atoms with Gasteiger partial charge in [0, 0.05) is 12.8 Å². The molecule has 0 heterocycles. The molecule has 2 nitrogen and oxygen atoms in total. The van der Waals surface area contributed by atoms with E-state index in [1.54, 1.807) is 0 Å². The van der Waals surface area contributed by atoms with Crippen molar-refractivity contribution in [2.75, 3.05) is 0 Å². The van der Waals surface area contributed by atoms with Gasteiger partial charge in [-0.15, -0.1) is 0 Å². The lowest BCUT2D eigenvalue weighted by Crippen LogP contribution is -2.54. The van der Waals surface area contributed by atoms with E-state index in [9.17, 15) is 4.79 Å². The van der Waals surface area contributed by atoms with Crippen molar-refractivity contribution in [2.45, 2.75) is 65.1 Å². The lowest BCUT2D eigenvalue weighted by atomic mass is 9.50. The molecule has 0 N–H and O–H groups in total. The van der Waals surface area contributed by atoms with Crippen LogP contribution >= 0.6 is 0 Å². The summed E-state index contributed by atoms with van der Waals surface area (Å²) in [7, 11) is 0. The molecule has 3 rings (SSSR count). The third kappa shape index (κ3) is 2.66. The van der Waals surface area contributed by atoms with E-state index in [0.717, 1.165) is 25.7 Å². The SMILES string of the molecule is C[C@]12CCC[C@H](OCc3ccccc3)[C@@]1(C)CCC(=O)C2. The monoisotopic (exact) mass is 286 g/mol. The minimum Gasteiger partial charge on any atom is -0.373 e. The molecule has 1 aromatic carbocycles. The highest BCUT2D eigenvalue weighted by molar-refractivity contribution is 5.80. The fraction of sp³-hybridized carbons (Fsp3) is 0.632. The molecule has 0 aliphatic heterocycles. The molecule has 2 aliphatic rings. The molecule has 0 aromatic heterocycles. The van der Waals surface area contributed by atoms with Gasteiger partial charge in [-0.05, 0) is 35.7 Å². The van der Waals surface area contributed by atoms with Crippen LogP contribution < -0.4 is 0 Å². The van der Waals surface area contributed by atoms with Crippen LogP contribution in [-0.4, -0.2) is 11.9 Å². The number of hydrogen-bond acceptors (Lipinski definition) is 2. The maximum Gasteiger partial charge on any atom is 0.133 e. The van der Waals surface area contributed by atoms with E-state index in [1.807, 2.05) is 6.07 Å². The summed E-state index contributed by atoms with van der Waals surface area (Å²) >= 11 is 0. The number of carbonyl (C=O) groups excluding carboxylic acids is 1. The van der Waals surface area contributed by atoms with Gasteiger partial charge in [-0.3, -0.25) is 4.79 Å². The van der Waals surface area contributed by atoms with Crippen LogP contribution in [0.25, 0.3) is 0 Å². The van der Waals surface area contributed by atoms with Crippen LogP contribution in [-0.2, 0) is 16.1 Å². The second-order valence-corrected chi connectivity index (χ2v) is 7.37. The zero-order chi connectivity index (χ0) is 14.9. The molecule has 0 amide bonds. The van der Waals surface area contributed by atoms with E-state index in [0.29, 0.717) is 12.4 Å². The van der Waals surface area contributed by atoms with Crippen LogP contribution in [0.1, 0.15) is 57.9 Å². The standard InChI is InChI=1S/C19H26O2/c1-18-11-6-9-17(19(18,2)12-10-16(20)13-18)21-14-15-7-4-3-5-8-15/h3-5,7-8,17H,6,9-14H2,1-2H3/t17-,18+,19+/m0/s1. The van der Waals surface area contributed by atoms with Crippen molar-refractivity contribution < 1.29 is 9.53 Å². The largest absolute Gasteiger partial charge is 0.373 e. The highest BCUT2D eigenvalue weighted by Gasteiger charge is 2.54. The van der Waals surface area contributed by atoms with Crippen LogP contribution in [0, 0.1) is 10.8 Å². The van der Waals surface area contributed by atoms with Gasteiger partial charge in [0.15, 0.2) is 0 Å². The van der Waals surface area contributed by atoms with E-state index in [4.69, 9.17) is 4.74 Å². The van der Waals surface area contributed by atoms with Crippen LogP contribution in [0.2, 0.25) is 0 Å². The van der Waals surface area contributed by atoms with Gasteiger partial charge >= 0.3 is 0 Å². The highest BCUT2D eigenvalue weighted by atomic mass is 16.5. The number of ether oxygens (including phenoxy) is 1. The number of hydrogen-bond donors (Lipinski definition) is 0. The van der Waals surface area contributed by atoms with Crippen LogP contribution in [0.4, 0.5) is 0 Å². The average molecular weight is 286 g/mol. The number of Topliss-reactive ketones (excluding diaryl/α,β-unsaturated/α-hetero) is 1. The first kappa shape index (κ1) is 14.8. The first-order chi connectivity index (χ1) is 10.0. The first-order valence-electron chi connectivity index (χ1n) is 8.21. The van der Waals surface area contributed by atoms with Gasteiger partial charge in [0.25, 0.3) is 0 Å². The van der Waals surface area contributed by atoms with Gasteiger partial charge in [-0.2, -0.15) is 0 Å². The van der Waals surface area contributed by atoms with Crippen molar-refractivity contribution in [3.8, 4) is 0 Å². The second-order valence-electron chi connectivity index (χ2n) is 7.37. The van der Waals surface area contributed by atoms with Crippen molar-refractivity contribution in [3.63, 3.8) is 0 Å². The minimum absolute atomic E-state index is 0.127. The molecule has 0 bridgehead atoms. The van der Waals surface area contributed by atoms with E-state index in [2.05, 4.69) is 38.1 Å². The zero-order valence-electron chi connectivity index (χ0n) is 13.2. The molecule has 1 aromatic rings. The number of ketones is 1. The fourth-order valence-corrected chi connectivity index (χ4v) is 4.38. The van der Waals surface area contributed by atoms with Crippen LogP contribution in [0.5, 0.6) is 0 Å². The predicted molar refractivity (Wildman–Crippen MR) is 83.9 cm³/mol. The van der Waals surface area contributed by atoms with Gasteiger partial charge in [-0.1, -0.05) is 50.6 Å². The third-order valence-electron chi connectivity index (χ3n) is 6.09. The molecule has 2 fully saturated rings. The Bertz CT molecular complexity index is 510. The van der Waals surface area contributed by atoms with Gasteiger partial charge in [-0.25, -0.2) is 0 Å². The number of fused-ring (bicyclic) bond motifs is 1. The smallest absolute Gasteiger partial charge is 0.133 e. The number of rotatable bonds is 3. The maximum atomic E-state index is 11.9. The Kier molecular flexibility index (Phi) is 3.92. The quantitative estimate of drug-likeness (QED) is 0.816. The van der Waals surface area contributed by atoms with E-state index >= 15 is 0 Å². The molecule has 0 radical (unpaired) electrons. The normalized spacial score (nSPS) is 36.3. The zero-order valence-corrected chi connectivity index (χ0v) is 13.2. The van der Waals surface area contributed by atoms with Crippen LogP contribution in [0.15, 0.2) is 30.3 Å². The minimum atomic E-state index is 0.127. The summed E-state index contributed by atoms with van der Waals surface area (Å²) in [5.41, 5.74) is 1.51. The third-order valence-corrected chi connectivity index (χ3v) is 6.09. The lowest BCUT2D eigenvalue weighted by Gasteiger charge is -2.56. The van der Waals surface area contributed by atoms with E-state index in [1.165, 1.54) is 18.4 Å². The molecule has 0 unspecified atom stereocenters. The fourth-order valence-electron chi connectivity index (χ4n) is 4.38. The van der Waals surface area contributed by atoms with E-state index < -0.39 is 0 Å². The molecule has 2 saturated carbocycles. The van der Waals surface area contributed by atoms with Crippen molar-refractivity contribution in [3.05, 3.63) is 35.9 Å². The molecule has 0 spiro atoms. The molecule has 3 atom stereocenters. The van der Waals surface area contributed by atoms with Crippen molar-refractivity contribution in [1.82, 2.24) is 0 Å². The summed E-state index contributed by atoms with van der Waals surface area (Å²) in [5.74, 6) is 0.443. The first-order valence-corrected chi connectivity index (χ1v) is 8.21. The average Bonchev–Trinajstić information content (AvgIpc) is 2.47. The summed E-state index contributed by atoms with van der Waals surface area (Å²) in [4.78, 5) is 11.9. The summed E-state index contributed by atoms with van der Waals surface area (Å²) in [6.45, 7) is 5.35. The van der Waals surface area contributed by atoms with Gasteiger partial charge in [0.1, 0.15) is 5.78 Å². The Hall–Kier alpha value is -1.15. The molecular formula is C19H26O2. The van der Waals surface area contributed by atoms with Crippen LogP contribution in [0.3, 0.4) is 0 Å². The summed E-state index contributed by atoms with van der Waals surface area (Å²) in [6.07, 6.45) is 6.23. The molecule has 21 heavy (non-hydrogen) atoms. The van der Waals surface area contributed by atoms with Gasteiger partial charge < -0.3 is 4.74 Å². The topological polar surface area (TPSA) is 26.3 Å². The van der Waals surface area contributed by atoms with Crippen molar-refractivity contribution in [1.29, 1.82) is 0 Å². The Balaban J connectivity index is 1.74. The van der Waals surface area contributed by atoms with Crippen molar-refractivity contribution >= 4 is 5.78 Å². The summed E-state index contributed by atoms with van der Waals surface area (Å²) < 4.78 is 6.33. The molecule has 0 saturated heterocycles. The van der Waals surface area contributed by atoms with Gasteiger partial charge in [0.2, 0.25) is 0 Å². The van der Waals surface area contributed by atoms with Gasteiger partial charge in [0.05, 0.1) is 12.7 Å². The maximum absolute atomic E-state index is 11.9. The molecule has 2 heteroatoms. The Labute approximate surface area is 127 Å². The summed E-state index contributed by atoms with van der Waals surface area (Å²) in [5, 5.41) is 0. The van der Waals surface area contributed by atoms with Crippen molar-refractivity contribution in [2.24, 2.45) is 10.8 Å². The Morgan fingerprint density at radius 3 is 2.71 bits per heavy atom. The second kappa shape index (κ2) is 5.57. The van der Waals surface area contributed by atoms with E-state index in [-0.39, 0.29) is 16.9 Å². The Morgan fingerprint density at radius 1 is 1.19 bits per heavy atom. The summed E-state index contributed by atoms with van der Waals surface area (Å²) in [6, 6.07) is 10.4. The molecule has 114 valence electrons. The highest BCUT2D eigenvalue weighted by Crippen LogP contribution is 2.58. The number of carbonyl (C=O) groups is 1. The Morgan fingerprint density at radius 2 is 1.95 bits per heavy atom. The predicted octanol–water partition coefficient (Wildman–Crippen LogP) is 4.52. The molecule has 2 aliphatic carbocycles. The number of benzene rings is 1.